The van der Waals surface area contributed by atoms with E-state index in [0.29, 0.717) is 17.9 Å². The number of hydrogen-bond acceptors (Lipinski definition) is 5. The predicted octanol–water partition coefficient (Wildman–Crippen LogP) is 3.76. The summed E-state index contributed by atoms with van der Waals surface area (Å²) < 4.78 is 1.85. The number of nitrogens with one attached hydrogen (secondary N) is 2. The lowest BCUT2D eigenvalue weighted by Crippen LogP contribution is -2.29. The molecular formula is C22H27N7. The smallest absolute Gasteiger partial charge is 0.230 e. The van der Waals surface area contributed by atoms with Crippen molar-refractivity contribution in [2.45, 2.75) is 45.1 Å². The fourth-order valence-corrected chi connectivity index (χ4v) is 4.26. The number of nitrogens with zero attached hydrogens (tertiary/aromatic N) is 5. The second kappa shape index (κ2) is 6.76. The number of rotatable bonds is 4. The summed E-state index contributed by atoms with van der Waals surface area (Å²) in [5.41, 5.74) is 6.04. The third-order valence-electron chi connectivity index (χ3n) is 5.83. The number of H-pyrrole nitrogens is 1. The fraction of sp³-hybridized carbons (Fsp3) is 0.409. The van der Waals surface area contributed by atoms with E-state index in [2.05, 4.69) is 53.5 Å². The molecule has 0 saturated carbocycles. The van der Waals surface area contributed by atoms with Crippen LogP contribution in [0, 0.1) is 0 Å². The first-order chi connectivity index (χ1) is 14.0. The van der Waals surface area contributed by atoms with Crippen LogP contribution in [0.5, 0.6) is 0 Å². The molecule has 0 amide bonds. The van der Waals surface area contributed by atoms with Crippen molar-refractivity contribution >= 4 is 28.4 Å². The number of fused-ring (bicyclic) bond motifs is 4. The molecule has 0 bridgehead atoms. The van der Waals surface area contributed by atoms with Crippen molar-refractivity contribution in [2.24, 2.45) is 0 Å². The van der Waals surface area contributed by atoms with Gasteiger partial charge < -0.3 is 15.2 Å². The van der Waals surface area contributed by atoms with E-state index in [1.54, 1.807) is 0 Å². The molecule has 29 heavy (non-hydrogen) atoms. The Morgan fingerprint density at radius 1 is 1.21 bits per heavy atom. The number of aromatic amines is 1. The Kier molecular flexibility index (Phi) is 4.19. The van der Waals surface area contributed by atoms with Gasteiger partial charge in [0.25, 0.3) is 0 Å². The monoisotopic (exact) mass is 389 g/mol. The molecule has 0 radical (unpaired) electrons. The van der Waals surface area contributed by atoms with Gasteiger partial charge in [0, 0.05) is 42.3 Å². The van der Waals surface area contributed by atoms with Crippen molar-refractivity contribution in [3.8, 4) is 0 Å². The minimum atomic E-state index is 0.307. The SMILES string of the molecule is CC(C)c1cnn2c(N[C@@H]3CCc4[nH]c5ccccc5c4C3)nc(N(C)C)nc12. The van der Waals surface area contributed by atoms with Crippen LogP contribution in [0.1, 0.15) is 43.0 Å². The largest absolute Gasteiger partial charge is 0.358 e. The van der Waals surface area contributed by atoms with E-state index >= 15 is 0 Å². The molecule has 3 aromatic heterocycles. The quantitative estimate of drug-likeness (QED) is 0.556. The molecule has 150 valence electrons. The standard InChI is InChI=1S/C22H27N7/c1-13(2)17-12-23-29-20(17)26-21(28(3)4)27-22(29)24-14-9-10-19-16(11-14)15-7-5-6-8-18(15)25-19/h5-8,12-14,25H,9-11H2,1-4H3,(H,24,26,27)/t14-/m1/s1. The van der Waals surface area contributed by atoms with Gasteiger partial charge >= 0.3 is 0 Å². The number of anilines is 2. The Hall–Kier alpha value is -3.09. The Morgan fingerprint density at radius 2 is 2.03 bits per heavy atom. The van der Waals surface area contributed by atoms with E-state index in [-0.39, 0.29) is 0 Å². The molecule has 0 fully saturated rings. The molecule has 2 N–H and O–H groups in total. The molecule has 0 spiro atoms. The zero-order chi connectivity index (χ0) is 20.1. The minimum Gasteiger partial charge on any atom is -0.358 e. The van der Waals surface area contributed by atoms with Crippen molar-refractivity contribution in [3.05, 3.63) is 47.3 Å². The topological polar surface area (TPSA) is 74.1 Å². The maximum atomic E-state index is 4.77. The fourth-order valence-electron chi connectivity index (χ4n) is 4.26. The highest BCUT2D eigenvalue weighted by atomic mass is 15.4. The Labute approximate surface area is 170 Å². The molecule has 7 nitrogen and oxygen atoms in total. The molecule has 1 aliphatic carbocycles. The van der Waals surface area contributed by atoms with Crippen molar-refractivity contribution in [2.75, 3.05) is 24.3 Å². The first-order valence-corrected chi connectivity index (χ1v) is 10.3. The van der Waals surface area contributed by atoms with Crippen molar-refractivity contribution in [1.29, 1.82) is 0 Å². The molecule has 0 unspecified atom stereocenters. The zero-order valence-electron chi connectivity index (χ0n) is 17.4. The first kappa shape index (κ1) is 18.0. The number of benzene rings is 1. The molecule has 1 aliphatic rings. The van der Waals surface area contributed by atoms with Gasteiger partial charge in [-0.3, -0.25) is 0 Å². The normalized spacial score (nSPS) is 16.5. The summed E-state index contributed by atoms with van der Waals surface area (Å²) in [4.78, 5) is 15.1. The van der Waals surface area contributed by atoms with Crippen LogP contribution in [0.15, 0.2) is 30.5 Å². The summed E-state index contributed by atoms with van der Waals surface area (Å²) in [6.45, 7) is 4.34. The lowest BCUT2D eigenvalue weighted by Gasteiger charge is -2.25. The Morgan fingerprint density at radius 3 is 2.83 bits per heavy atom. The Bertz CT molecular complexity index is 1180. The molecule has 3 heterocycles. The summed E-state index contributed by atoms with van der Waals surface area (Å²) in [5, 5.41) is 9.60. The maximum Gasteiger partial charge on any atom is 0.230 e. The molecule has 0 saturated heterocycles. The second-order valence-electron chi connectivity index (χ2n) is 8.44. The van der Waals surface area contributed by atoms with Gasteiger partial charge in [-0.2, -0.15) is 19.6 Å². The zero-order valence-corrected chi connectivity index (χ0v) is 17.4. The van der Waals surface area contributed by atoms with Crippen molar-refractivity contribution in [3.63, 3.8) is 0 Å². The van der Waals surface area contributed by atoms with Crippen LogP contribution in [-0.2, 0) is 12.8 Å². The van der Waals surface area contributed by atoms with Gasteiger partial charge in [0.05, 0.1) is 6.20 Å². The second-order valence-corrected chi connectivity index (χ2v) is 8.44. The van der Waals surface area contributed by atoms with Gasteiger partial charge in [0.1, 0.15) is 0 Å². The van der Waals surface area contributed by atoms with Gasteiger partial charge in [-0.25, -0.2) is 0 Å². The van der Waals surface area contributed by atoms with Gasteiger partial charge in [0.15, 0.2) is 5.65 Å². The lowest BCUT2D eigenvalue weighted by atomic mass is 9.91. The van der Waals surface area contributed by atoms with Gasteiger partial charge in [-0.05, 0) is 36.8 Å². The van der Waals surface area contributed by atoms with Crippen molar-refractivity contribution < 1.29 is 0 Å². The minimum absolute atomic E-state index is 0.307. The van der Waals surface area contributed by atoms with Crippen LogP contribution in [0.25, 0.3) is 16.6 Å². The molecule has 0 aliphatic heterocycles. The van der Waals surface area contributed by atoms with Crippen LogP contribution in [0.2, 0.25) is 0 Å². The molecule has 1 atom stereocenters. The third kappa shape index (κ3) is 3.01. The van der Waals surface area contributed by atoms with E-state index in [0.717, 1.165) is 36.4 Å². The molecule has 5 rings (SSSR count). The van der Waals surface area contributed by atoms with Crippen LogP contribution >= 0.6 is 0 Å². The highest BCUT2D eigenvalue weighted by Gasteiger charge is 2.24. The van der Waals surface area contributed by atoms with E-state index in [4.69, 9.17) is 9.97 Å². The highest BCUT2D eigenvalue weighted by molar-refractivity contribution is 5.85. The highest BCUT2D eigenvalue weighted by Crippen LogP contribution is 2.30. The average Bonchev–Trinajstić information content (AvgIpc) is 3.29. The van der Waals surface area contributed by atoms with Crippen LogP contribution in [-0.4, -0.2) is 44.7 Å². The summed E-state index contributed by atoms with van der Waals surface area (Å²) in [5.74, 6) is 1.82. The Balaban J connectivity index is 1.52. The number of hydrogen-bond donors (Lipinski definition) is 2. The maximum absolute atomic E-state index is 4.77. The molecular weight excluding hydrogens is 362 g/mol. The van der Waals surface area contributed by atoms with E-state index in [1.807, 2.05) is 29.7 Å². The third-order valence-corrected chi connectivity index (χ3v) is 5.83. The van der Waals surface area contributed by atoms with Gasteiger partial charge in [-0.1, -0.05) is 32.0 Å². The summed E-state index contributed by atoms with van der Waals surface area (Å²) in [7, 11) is 3.94. The van der Waals surface area contributed by atoms with Gasteiger partial charge in [0.2, 0.25) is 11.9 Å². The summed E-state index contributed by atoms with van der Waals surface area (Å²) in [6, 6.07) is 8.88. The lowest BCUT2D eigenvalue weighted by molar-refractivity contribution is 0.599. The molecule has 4 aromatic rings. The predicted molar refractivity (Wildman–Crippen MR) is 117 cm³/mol. The number of aryl methyl sites for hydroxylation is 1. The summed E-state index contributed by atoms with van der Waals surface area (Å²) >= 11 is 0. The van der Waals surface area contributed by atoms with Crippen LogP contribution in [0.4, 0.5) is 11.9 Å². The number of para-hydroxylation sites is 1. The average molecular weight is 390 g/mol. The van der Waals surface area contributed by atoms with Crippen LogP contribution in [0.3, 0.4) is 0 Å². The van der Waals surface area contributed by atoms with Crippen LogP contribution < -0.4 is 10.2 Å². The summed E-state index contributed by atoms with van der Waals surface area (Å²) in [6.07, 6.45) is 4.98. The molecule has 7 heteroatoms. The van der Waals surface area contributed by atoms with E-state index in [1.165, 1.54) is 22.2 Å². The molecule has 1 aromatic carbocycles. The first-order valence-electron chi connectivity index (χ1n) is 10.3. The number of aromatic nitrogens is 5. The van der Waals surface area contributed by atoms with Crippen molar-refractivity contribution in [1.82, 2.24) is 24.6 Å². The van der Waals surface area contributed by atoms with E-state index in [9.17, 15) is 0 Å². The van der Waals surface area contributed by atoms with Gasteiger partial charge in [-0.15, -0.1) is 0 Å². The van der Waals surface area contributed by atoms with E-state index < -0.39 is 0 Å².